The minimum absolute atomic E-state index is 0.368. The van der Waals surface area contributed by atoms with Crippen molar-refractivity contribution in [2.45, 2.75) is 38.1 Å². The lowest BCUT2D eigenvalue weighted by molar-refractivity contribution is 0.249. The van der Waals surface area contributed by atoms with Crippen molar-refractivity contribution in [3.05, 3.63) is 48.0 Å². The van der Waals surface area contributed by atoms with Gasteiger partial charge in [0.15, 0.2) is 0 Å². The third-order valence-electron chi connectivity index (χ3n) is 5.64. The van der Waals surface area contributed by atoms with E-state index in [1.54, 1.807) is 6.26 Å². The fourth-order valence-electron chi connectivity index (χ4n) is 4.13. The van der Waals surface area contributed by atoms with Crippen molar-refractivity contribution < 1.29 is 13.9 Å². The molecule has 5 heterocycles. The lowest BCUT2D eigenvalue weighted by Gasteiger charge is -2.29. The molecular weight excluding hydrogens is 344 g/mol. The van der Waals surface area contributed by atoms with Gasteiger partial charge in [-0.1, -0.05) is 28.9 Å². The number of hydrogen-bond acceptors (Lipinski definition) is 7. The molecule has 142 valence electrons. The molecule has 0 unspecified atom stereocenters. The van der Waals surface area contributed by atoms with Gasteiger partial charge in [-0.25, -0.2) is 0 Å². The summed E-state index contributed by atoms with van der Waals surface area (Å²) in [5.74, 6) is 1.60. The fourth-order valence-corrected chi connectivity index (χ4v) is 4.13. The van der Waals surface area contributed by atoms with Crippen LogP contribution >= 0.6 is 0 Å². The summed E-state index contributed by atoms with van der Waals surface area (Å²) >= 11 is 0. The SMILES string of the molecule is C1=CCCC(CC2=COC=C(c3nnc(N4CCN5CCC4CC5)o3)O2)=C1. The highest BCUT2D eigenvalue weighted by molar-refractivity contribution is 5.53. The van der Waals surface area contributed by atoms with Crippen LogP contribution in [0.5, 0.6) is 0 Å². The van der Waals surface area contributed by atoms with Crippen LogP contribution < -0.4 is 4.90 Å². The van der Waals surface area contributed by atoms with Crippen LogP contribution in [0, 0.1) is 0 Å². The van der Waals surface area contributed by atoms with E-state index in [9.17, 15) is 0 Å². The molecule has 1 aliphatic carbocycles. The molecule has 0 spiro atoms. The van der Waals surface area contributed by atoms with Gasteiger partial charge in [-0.2, -0.15) is 0 Å². The molecule has 6 rings (SSSR count). The standard InChI is InChI=1S/C20H24N4O3/c1-2-4-15(5-3-1)12-17-13-25-14-18(26-17)19-21-22-20(27-19)24-11-10-23-8-6-16(24)7-9-23/h1-2,4,13-14,16H,3,5-12H2. The Bertz CT molecular complexity index is 815. The number of fused-ring (bicyclic) bond motifs is 4. The van der Waals surface area contributed by atoms with Crippen molar-refractivity contribution in [2.75, 3.05) is 31.1 Å². The lowest BCUT2D eigenvalue weighted by Crippen LogP contribution is -2.38. The summed E-state index contributed by atoms with van der Waals surface area (Å²) in [5.41, 5.74) is 1.33. The summed E-state index contributed by atoms with van der Waals surface area (Å²) in [6, 6.07) is 1.07. The molecule has 7 nitrogen and oxygen atoms in total. The van der Waals surface area contributed by atoms with E-state index in [1.165, 1.54) is 11.8 Å². The van der Waals surface area contributed by atoms with Gasteiger partial charge in [-0.05, 0) is 25.7 Å². The van der Waals surface area contributed by atoms with E-state index in [4.69, 9.17) is 13.9 Å². The minimum atomic E-state index is 0.368. The summed E-state index contributed by atoms with van der Waals surface area (Å²) in [7, 11) is 0. The Morgan fingerprint density at radius 3 is 2.85 bits per heavy atom. The first-order chi connectivity index (χ1) is 13.3. The summed E-state index contributed by atoms with van der Waals surface area (Å²) in [4.78, 5) is 4.75. The third kappa shape index (κ3) is 3.51. The number of anilines is 1. The van der Waals surface area contributed by atoms with Gasteiger partial charge in [-0.3, -0.25) is 0 Å². The van der Waals surface area contributed by atoms with Gasteiger partial charge < -0.3 is 23.7 Å². The predicted octanol–water partition coefficient (Wildman–Crippen LogP) is 3.21. The summed E-state index contributed by atoms with van der Waals surface area (Å²) in [5, 5.41) is 8.50. The number of nitrogens with zero attached hydrogens (tertiary/aromatic N) is 4. The molecule has 7 heteroatoms. The average Bonchev–Trinajstić information content (AvgIpc) is 3.01. The van der Waals surface area contributed by atoms with Gasteiger partial charge in [0.05, 0.1) is 0 Å². The Morgan fingerprint density at radius 1 is 1.07 bits per heavy atom. The molecule has 0 aromatic carbocycles. The van der Waals surface area contributed by atoms with E-state index in [0.717, 1.165) is 64.0 Å². The Morgan fingerprint density at radius 2 is 2.00 bits per heavy atom. The van der Waals surface area contributed by atoms with Crippen LogP contribution in [0.3, 0.4) is 0 Å². The predicted molar refractivity (Wildman–Crippen MR) is 100 cm³/mol. The molecule has 0 radical (unpaired) electrons. The number of aromatic nitrogens is 2. The second kappa shape index (κ2) is 7.23. The monoisotopic (exact) mass is 368 g/mol. The molecule has 3 fully saturated rings. The normalized spacial score (nSPS) is 27.3. The molecule has 5 aliphatic rings. The van der Waals surface area contributed by atoms with Crippen molar-refractivity contribution in [1.82, 2.24) is 15.1 Å². The van der Waals surface area contributed by atoms with E-state index in [1.807, 2.05) is 0 Å². The molecule has 0 N–H and O–H groups in total. The number of ether oxygens (including phenoxy) is 2. The molecule has 0 amide bonds. The van der Waals surface area contributed by atoms with Gasteiger partial charge in [0.25, 0.3) is 5.89 Å². The van der Waals surface area contributed by atoms with Crippen molar-refractivity contribution in [3.8, 4) is 0 Å². The van der Waals surface area contributed by atoms with Crippen LogP contribution in [0.1, 0.15) is 38.0 Å². The Hall–Kier alpha value is -2.54. The molecule has 1 aromatic rings. The quantitative estimate of drug-likeness (QED) is 0.808. The summed E-state index contributed by atoms with van der Waals surface area (Å²) in [6.07, 6.45) is 14.7. The van der Waals surface area contributed by atoms with Crippen LogP contribution in [0.2, 0.25) is 0 Å². The average molecular weight is 368 g/mol. The van der Waals surface area contributed by atoms with E-state index >= 15 is 0 Å². The Labute approximate surface area is 158 Å². The van der Waals surface area contributed by atoms with Crippen molar-refractivity contribution in [1.29, 1.82) is 0 Å². The molecule has 0 saturated carbocycles. The van der Waals surface area contributed by atoms with Crippen molar-refractivity contribution in [3.63, 3.8) is 0 Å². The zero-order chi connectivity index (χ0) is 18.1. The highest BCUT2D eigenvalue weighted by Gasteiger charge is 2.32. The number of rotatable bonds is 4. The first-order valence-corrected chi connectivity index (χ1v) is 9.75. The smallest absolute Gasteiger partial charge is 0.318 e. The zero-order valence-electron chi connectivity index (χ0n) is 15.3. The third-order valence-corrected chi connectivity index (χ3v) is 5.64. The number of piperidine rings is 1. The van der Waals surface area contributed by atoms with Crippen LogP contribution in [-0.4, -0.2) is 47.3 Å². The van der Waals surface area contributed by atoms with E-state index in [2.05, 4.69) is 38.2 Å². The summed E-state index contributed by atoms with van der Waals surface area (Å²) < 4.78 is 17.4. The van der Waals surface area contributed by atoms with Crippen LogP contribution in [0.4, 0.5) is 6.01 Å². The molecule has 2 bridgehead atoms. The van der Waals surface area contributed by atoms with Gasteiger partial charge in [0.2, 0.25) is 5.76 Å². The van der Waals surface area contributed by atoms with E-state index in [-0.39, 0.29) is 0 Å². The van der Waals surface area contributed by atoms with Gasteiger partial charge in [0.1, 0.15) is 18.3 Å². The van der Waals surface area contributed by atoms with Crippen LogP contribution in [0.25, 0.3) is 5.76 Å². The molecule has 3 saturated heterocycles. The highest BCUT2D eigenvalue weighted by Crippen LogP contribution is 2.31. The van der Waals surface area contributed by atoms with E-state index in [0.29, 0.717) is 23.7 Å². The topological polar surface area (TPSA) is 63.9 Å². The molecular formula is C20H24N4O3. The maximum atomic E-state index is 5.97. The Balaban J connectivity index is 1.27. The van der Waals surface area contributed by atoms with Crippen molar-refractivity contribution in [2.24, 2.45) is 0 Å². The minimum Gasteiger partial charge on any atom is -0.465 e. The maximum Gasteiger partial charge on any atom is 0.318 e. The second-order valence-corrected chi connectivity index (χ2v) is 7.43. The Kier molecular flexibility index (Phi) is 4.45. The first-order valence-electron chi connectivity index (χ1n) is 9.75. The number of hydrogen-bond donors (Lipinski definition) is 0. The lowest BCUT2D eigenvalue weighted by atomic mass is 10.0. The number of allylic oxidation sites excluding steroid dienone is 4. The largest absolute Gasteiger partial charge is 0.465 e. The molecule has 4 aliphatic heterocycles. The van der Waals surface area contributed by atoms with Gasteiger partial charge in [-0.15, -0.1) is 5.10 Å². The molecule has 27 heavy (non-hydrogen) atoms. The maximum absolute atomic E-state index is 5.97. The summed E-state index contributed by atoms with van der Waals surface area (Å²) in [6.45, 7) is 4.29. The fraction of sp³-hybridized carbons (Fsp3) is 0.500. The molecule has 1 aromatic heterocycles. The van der Waals surface area contributed by atoms with E-state index < -0.39 is 0 Å². The van der Waals surface area contributed by atoms with Crippen molar-refractivity contribution >= 4 is 11.8 Å². The first kappa shape index (κ1) is 16.6. The van der Waals surface area contributed by atoms with Crippen LogP contribution in [-0.2, 0) is 9.47 Å². The van der Waals surface area contributed by atoms with Gasteiger partial charge in [0, 0.05) is 38.6 Å². The highest BCUT2D eigenvalue weighted by atomic mass is 16.6. The zero-order valence-corrected chi connectivity index (χ0v) is 15.3. The second-order valence-electron chi connectivity index (χ2n) is 7.43. The van der Waals surface area contributed by atoms with Gasteiger partial charge >= 0.3 is 6.01 Å². The molecule has 0 atom stereocenters. The van der Waals surface area contributed by atoms with Crippen LogP contribution in [0.15, 0.2) is 46.5 Å².